The van der Waals surface area contributed by atoms with Crippen molar-refractivity contribution in [3.05, 3.63) is 48.0 Å². The van der Waals surface area contributed by atoms with Crippen LogP contribution in [0, 0.1) is 0 Å². The molecule has 1 atom stereocenters. The first-order valence-electron chi connectivity index (χ1n) is 8.36. The van der Waals surface area contributed by atoms with Crippen molar-refractivity contribution in [2.45, 2.75) is 23.8 Å². The minimum Gasteiger partial charge on any atom is -0.497 e. The maximum atomic E-state index is 12.3. The highest BCUT2D eigenvalue weighted by Gasteiger charge is 2.31. The van der Waals surface area contributed by atoms with Crippen LogP contribution in [-0.4, -0.2) is 30.8 Å². The molecule has 6 nitrogen and oxygen atoms in total. The summed E-state index contributed by atoms with van der Waals surface area (Å²) in [5, 5.41) is 8.26. The van der Waals surface area contributed by atoms with E-state index in [1.54, 1.807) is 44.6 Å². The molecule has 0 radical (unpaired) electrons. The lowest BCUT2D eigenvalue weighted by Crippen LogP contribution is -2.17. The zero-order chi connectivity index (χ0) is 21.0. The summed E-state index contributed by atoms with van der Waals surface area (Å²) in [6, 6.07) is 10.9. The first-order valence-corrected chi connectivity index (χ1v) is 9.24. The van der Waals surface area contributed by atoms with Crippen LogP contribution in [0.1, 0.15) is 17.7 Å². The van der Waals surface area contributed by atoms with Crippen molar-refractivity contribution in [3.8, 4) is 28.7 Å². The van der Waals surface area contributed by atoms with E-state index < -0.39 is 6.36 Å². The van der Waals surface area contributed by atoms with Crippen molar-refractivity contribution in [1.29, 1.82) is 0 Å². The SMILES string of the molecule is COc1cc(OC)cc(-c2nnc(SC(C)c3ccc(OC(F)(F)F)cc3)o2)c1. The number of ether oxygens (including phenoxy) is 3. The second-order valence-electron chi connectivity index (χ2n) is 5.85. The number of rotatable bonds is 7. The normalized spacial score (nSPS) is 12.5. The Morgan fingerprint density at radius 2 is 1.55 bits per heavy atom. The number of nitrogens with zero attached hydrogens (tertiary/aromatic N) is 2. The van der Waals surface area contributed by atoms with Gasteiger partial charge in [0.1, 0.15) is 17.2 Å². The van der Waals surface area contributed by atoms with Crippen LogP contribution in [0.3, 0.4) is 0 Å². The summed E-state index contributed by atoms with van der Waals surface area (Å²) in [5.41, 5.74) is 1.43. The third-order valence-electron chi connectivity index (χ3n) is 3.87. The third-order valence-corrected chi connectivity index (χ3v) is 4.86. The van der Waals surface area contributed by atoms with E-state index in [-0.39, 0.29) is 11.0 Å². The summed E-state index contributed by atoms with van der Waals surface area (Å²) in [5.74, 6) is 1.19. The number of alkyl halides is 3. The largest absolute Gasteiger partial charge is 0.573 e. The Kier molecular flexibility index (Phi) is 6.21. The van der Waals surface area contributed by atoms with Crippen molar-refractivity contribution in [2.75, 3.05) is 14.2 Å². The molecule has 1 unspecified atom stereocenters. The molecule has 1 aromatic heterocycles. The van der Waals surface area contributed by atoms with Crippen molar-refractivity contribution in [2.24, 2.45) is 0 Å². The fraction of sp³-hybridized carbons (Fsp3) is 0.263. The molecule has 0 aliphatic rings. The molecule has 0 spiro atoms. The number of halogens is 3. The van der Waals surface area contributed by atoms with E-state index in [2.05, 4.69) is 14.9 Å². The molecular formula is C19H17F3N2O4S. The lowest BCUT2D eigenvalue weighted by atomic mass is 10.2. The van der Waals surface area contributed by atoms with Crippen LogP contribution in [-0.2, 0) is 0 Å². The highest BCUT2D eigenvalue weighted by Crippen LogP contribution is 2.37. The third kappa shape index (κ3) is 5.57. The average molecular weight is 426 g/mol. The van der Waals surface area contributed by atoms with Gasteiger partial charge < -0.3 is 18.6 Å². The minimum absolute atomic E-state index is 0.136. The monoisotopic (exact) mass is 426 g/mol. The molecule has 1 heterocycles. The molecule has 3 aromatic rings. The molecule has 154 valence electrons. The van der Waals surface area contributed by atoms with E-state index in [4.69, 9.17) is 13.9 Å². The first kappa shape index (κ1) is 20.8. The number of methoxy groups -OCH3 is 2. The fourth-order valence-electron chi connectivity index (χ4n) is 2.46. The molecule has 0 bridgehead atoms. The van der Waals surface area contributed by atoms with Gasteiger partial charge in [-0.05, 0) is 36.8 Å². The van der Waals surface area contributed by atoms with Crippen molar-refractivity contribution in [3.63, 3.8) is 0 Å². The molecule has 0 aliphatic heterocycles. The Morgan fingerprint density at radius 1 is 0.931 bits per heavy atom. The Hall–Kier alpha value is -2.88. The maximum absolute atomic E-state index is 12.3. The average Bonchev–Trinajstić information content (AvgIpc) is 3.15. The molecule has 3 rings (SSSR count). The molecule has 0 saturated heterocycles. The first-order chi connectivity index (χ1) is 13.8. The Bertz CT molecular complexity index is 939. The summed E-state index contributed by atoms with van der Waals surface area (Å²) in [4.78, 5) is 0. The summed E-state index contributed by atoms with van der Waals surface area (Å²) in [7, 11) is 3.08. The molecule has 2 aromatic carbocycles. The van der Waals surface area contributed by atoms with Crippen LogP contribution in [0.5, 0.6) is 17.2 Å². The fourth-order valence-corrected chi connectivity index (χ4v) is 3.28. The van der Waals surface area contributed by atoms with Gasteiger partial charge in [-0.25, -0.2) is 0 Å². The van der Waals surface area contributed by atoms with E-state index >= 15 is 0 Å². The van der Waals surface area contributed by atoms with Crippen LogP contribution in [0.25, 0.3) is 11.5 Å². The maximum Gasteiger partial charge on any atom is 0.573 e. The molecule has 0 amide bonds. The highest BCUT2D eigenvalue weighted by molar-refractivity contribution is 7.99. The molecule has 0 saturated carbocycles. The summed E-state index contributed by atoms with van der Waals surface area (Å²) in [6.45, 7) is 1.88. The molecule has 29 heavy (non-hydrogen) atoms. The predicted molar refractivity (Wildman–Crippen MR) is 100 cm³/mol. The second kappa shape index (κ2) is 8.64. The molecule has 0 aliphatic carbocycles. The Labute approximate surface area is 169 Å². The van der Waals surface area contributed by atoms with Gasteiger partial charge in [-0.2, -0.15) is 0 Å². The van der Waals surface area contributed by atoms with Gasteiger partial charge in [0.05, 0.1) is 14.2 Å². The number of hydrogen-bond donors (Lipinski definition) is 0. The smallest absolute Gasteiger partial charge is 0.497 e. The Balaban J connectivity index is 1.71. The van der Waals surface area contributed by atoms with Gasteiger partial charge in [-0.3, -0.25) is 0 Å². The van der Waals surface area contributed by atoms with E-state index in [1.165, 1.54) is 23.9 Å². The number of hydrogen-bond acceptors (Lipinski definition) is 7. The quantitative estimate of drug-likeness (QED) is 0.462. The zero-order valence-corrected chi connectivity index (χ0v) is 16.5. The van der Waals surface area contributed by atoms with Gasteiger partial charge in [-0.15, -0.1) is 23.4 Å². The van der Waals surface area contributed by atoms with Crippen molar-refractivity contribution >= 4 is 11.8 Å². The zero-order valence-electron chi connectivity index (χ0n) is 15.7. The van der Waals surface area contributed by atoms with Crippen LogP contribution in [0.2, 0.25) is 0 Å². The summed E-state index contributed by atoms with van der Waals surface area (Å²) < 4.78 is 56.8. The lowest BCUT2D eigenvalue weighted by Gasteiger charge is -2.11. The van der Waals surface area contributed by atoms with Gasteiger partial charge in [-0.1, -0.05) is 23.9 Å². The standard InChI is InChI=1S/C19H17F3N2O4S/c1-11(12-4-6-14(7-5-12)28-19(20,21)22)29-18-24-23-17(27-18)13-8-15(25-2)10-16(9-13)26-3/h4-11H,1-3H3. The van der Waals surface area contributed by atoms with Crippen LogP contribution in [0.4, 0.5) is 13.2 Å². The number of benzene rings is 2. The molecule has 0 fully saturated rings. The predicted octanol–water partition coefficient (Wildman–Crippen LogP) is 5.51. The Morgan fingerprint density at radius 3 is 2.10 bits per heavy atom. The number of thioether (sulfide) groups is 1. The van der Waals surface area contributed by atoms with Crippen LogP contribution < -0.4 is 14.2 Å². The summed E-state index contributed by atoms with van der Waals surface area (Å²) >= 11 is 1.29. The van der Waals surface area contributed by atoms with Gasteiger partial charge in [0.15, 0.2) is 0 Å². The minimum atomic E-state index is -4.72. The van der Waals surface area contributed by atoms with Gasteiger partial charge >= 0.3 is 6.36 Å². The van der Waals surface area contributed by atoms with E-state index in [0.29, 0.717) is 28.2 Å². The van der Waals surface area contributed by atoms with E-state index in [0.717, 1.165) is 5.56 Å². The summed E-state index contributed by atoms with van der Waals surface area (Å²) in [6.07, 6.45) is -4.72. The lowest BCUT2D eigenvalue weighted by molar-refractivity contribution is -0.274. The van der Waals surface area contributed by atoms with Gasteiger partial charge in [0, 0.05) is 16.9 Å². The van der Waals surface area contributed by atoms with Crippen molar-refractivity contribution < 1.29 is 31.8 Å². The molecule has 10 heteroatoms. The van der Waals surface area contributed by atoms with Crippen LogP contribution in [0.15, 0.2) is 52.1 Å². The topological polar surface area (TPSA) is 66.6 Å². The number of aromatic nitrogens is 2. The van der Waals surface area contributed by atoms with Gasteiger partial charge in [0.25, 0.3) is 5.22 Å². The van der Waals surface area contributed by atoms with Gasteiger partial charge in [0.2, 0.25) is 5.89 Å². The van der Waals surface area contributed by atoms with Crippen LogP contribution >= 0.6 is 11.8 Å². The molecular weight excluding hydrogens is 409 g/mol. The van der Waals surface area contributed by atoms with E-state index in [1.807, 2.05) is 6.92 Å². The second-order valence-corrected chi connectivity index (χ2v) is 7.14. The highest BCUT2D eigenvalue weighted by atomic mass is 32.2. The van der Waals surface area contributed by atoms with E-state index in [9.17, 15) is 13.2 Å². The molecule has 0 N–H and O–H groups in total. The van der Waals surface area contributed by atoms with Crippen molar-refractivity contribution in [1.82, 2.24) is 10.2 Å².